The first kappa shape index (κ1) is 21.6. The van der Waals surface area contributed by atoms with Crippen LogP contribution in [0.4, 0.5) is 5.69 Å². The van der Waals surface area contributed by atoms with Crippen molar-refractivity contribution in [2.24, 2.45) is 0 Å². The number of nitrogens with one attached hydrogen (secondary N) is 2. The molecule has 2 amide bonds. The highest BCUT2D eigenvalue weighted by molar-refractivity contribution is 9.10. The number of anilines is 1. The standard InChI is InChI=1S/C24H23BrN2O3/c1-2-14-26-24(29)18-8-11-20(12-9-18)27-23(28)16-30-22-13-10-19(15-21(22)25)17-6-4-3-5-7-17/h3-13,15H,2,14,16H2,1H3,(H,26,29)(H,27,28). The molecule has 0 atom stereocenters. The van der Waals surface area contributed by atoms with Gasteiger partial charge in [0, 0.05) is 17.8 Å². The molecule has 0 aromatic heterocycles. The van der Waals surface area contributed by atoms with Crippen LogP contribution in [-0.2, 0) is 4.79 Å². The van der Waals surface area contributed by atoms with E-state index < -0.39 is 0 Å². The van der Waals surface area contributed by atoms with E-state index in [1.54, 1.807) is 24.3 Å². The van der Waals surface area contributed by atoms with Gasteiger partial charge in [-0.05, 0) is 69.9 Å². The normalized spacial score (nSPS) is 10.3. The lowest BCUT2D eigenvalue weighted by Crippen LogP contribution is -2.24. The first-order valence-electron chi connectivity index (χ1n) is 9.72. The molecule has 3 aromatic rings. The van der Waals surface area contributed by atoms with E-state index in [1.165, 1.54) is 0 Å². The zero-order valence-corrected chi connectivity index (χ0v) is 18.2. The molecule has 6 heteroatoms. The molecular formula is C24H23BrN2O3. The number of hydrogen-bond acceptors (Lipinski definition) is 3. The van der Waals surface area contributed by atoms with E-state index in [4.69, 9.17) is 4.74 Å². The molecule has 0 spiro atoms. The third-order valence-corrected chi connectivity index (χ3v) is 4.98. The third kappa shape index (κ3) is 5.94. The van der Waals surface area contributed by atoms with Gasteiger partial charge in [-0.2, -0.15) is 0 Å². The summed E-state index contributed by atoms with van der Waals surface area (Å²) >= 11 is 3.51. The van der Waals surface area contributed by atoms with Crippen molar-refractivity contribution in [3.05, 3.63) is 82.8 Å². The fourth-order valence-corrected chi connectivity index (χ4v) is 3.31. The van der Waals surface area contributed by atoms with Gasteiger partial charge in [-0.1, -0.05) is 43.3 Å². The first-order chi connectivity index (χ1) is 14.6. The zero-order valence-electron chi connectivity index (χ0n) is 16.7. The van der Waals surface area contributed by atoms with E-state index in [2.05, 4.69) is 26.6 Å². The van der Waals surface area contributed by atoms with Crippen LogP contribution in [0.15, 0.2) is 77.3 Å². The minimum atomic E-state index is -0.280. The SMILES string of the molecule is CCCNC(=O)c1ccc(NC(=O)COc2ccc(-c3ccccc3)cc2Br)cc1. The van der Waals surface area contributed by atoms with E-state index in [-0.39, 0.29) is 18.4 Å². The Morgan fingerprint density at radius 3 is 2.33 bits per heavy atom. The average Bonchev–Trinajstić information content (AvgIpc) is 2.77. The molecule has 0 bridgehead atoms. The van der Waals surface area contributed by atoms with Crippen molar-refractivity contribution in [2.45, 2.75) is 13.3 Å². The summed E-state index contributed by atoms with van der Waals surface area (Å²) in [5.41, 5.74) is 3.32. The van der Waals surface area contributed by atoms with Gasteiger partial charge < -0.3 is 15.4 Å². The molecule has 0 unspecified atom stereocenters. The average molecular weight is 467 g/mol. The number of amides is 2. The summed E-state index contributed by atoms with van der Waals surface area (Å²) in [5, 5.41) is 5.58. The van der Waals surface area contributed by atoms with Crippen LogP contribution in [-0.4, -0.2) is 25.0 Å². The largest absolute Gasteiger partial charge is 0.483 e. The molecule has 3 aromatic carbocycles. The summed E-state index contributed by atoms with van der Waals surface area (Å²) in [6, 6.07) is 22.5. The summed E-state index contributed by atoms with van der Waals surface area (Å²) < 4.78 is 6.42. The van der Waals surface area contributed by atoms with Crippen molar-refractivity contribution in [2.75, 3.05) is 18.5 Å². The van der Waals surface area contributed by atoms with Gasteiger partial charge in [-0.25, -0.2) is 0 Å². The summed E-state index contributed by atoms with van der Waals surface area (Å²) in [6.45, 7) is 2.51. The maximum absolute atomic E-state index is 12.2. The van der Waals surface area contributed by atoms with Crippen LogP contribution in [0.2, 0.25) is 0 Å². The maximum Gasteiger partial charge on any atom is 0.262 e. The number of benzene rings is 3. The molecule has 2 N–H and O–H groups in total. The molecule has 154 valence electrons. The molecule has 30 heavy (non-hydrogen) atoms. The quantitative estimate of drug-likeness (QED) is 0.474. The van der Waals surface area contributed by atoms with E-state index >= 15 is 0 Å². The molecule has 0 heterocycles. The van der Waals surface area contributed by atoms with Gasteiger partial charge in [0.2, 0.25) is 0 Å². The molecule has 0 radical (unpaired) electrons. The molecule has 0 aliphatic heterocycles. The Morgan fingerprint density at radius 1 is 0.933 bits per heavy atom. The lowest BCUT2D eigenvalue weighted by molar-refractivity contribution is -0.118. The van der Waals surface area contributed by atoms with Crippen molar-refractivity contribution in [1.82, 2.24) is 5.32 Å². The van der Waals surface area contributed by atoms with E-state index in [1.807, 2.05) is 55.5 Å². The van der Waals surface area contributed by atoms with Crippen LogP contribution < -0.4 is 15.4 Å². The Morgan fingerprint density at radius 2 is 1.67 bits per heavy atom. The third-order valence-electron chi connectivity index (χ3n) is 4.36. The Bertz CT molecular complexity index is 1000. The van der Waals surface area contributed by atoms with Crippen LogP contribution in [0.1, 0.15) is 23.7 Å². The topological polar surface area (TPSA) is 67.4 Å². The van der Waals surface area contributed by atoms with Crippen molar-refractivity contribution in [1.29, 1.82) is 0 Å². The summed E-state index contributed by atoms with van der Waals surface area (Å²) in [5.74, 6) is 0.187. The van der Waals surface area contributed by atoms with Crippen molar-refractivity contribution in [3.63, 3.8) is 0 Å². The Labute approximate surface area is 184 Å². The smallest absolute Gasteiger partial charge is 0.262 e. The minimum absolute atomic E-state index is 0.123. The van der Waals surface area contributed by atoms with Crippen LogP contribution in [0.25, 0.3) is 11.1 Å². The Kier molecular flexibility index (Phi) is 7.63. The van der Waals surface area contributed by atoms with Gasteiger partial charge in [0.25, 0.3) is 11.8 Å². The number of halogens is 1. The highest BCUT2D eigenvalue weighted by Crippen LogP contribution is 2.30. The van der Waals surface area contributed by atoms with Crippen LogP contribution in [0, 0.1) is 0 Å². The molecule has 3 rings (SSSR count). The van der Waals surface area contributed by atoms with Gasteiger partial charge in [0.05, 0.1) is 4.47 Å². The fourth-order valence-electron chi connectivity index (χ4n) is 2.81. The number of carbonyl (C=O) groups excluding carboxylic acids is 2. The Balaban J connectivity index is 1.54. The second-order valence-electron chi connectivity index (χ2n) is 6.68. The molecule has 0 aliphatic carbocycles. The number of carbonyl (C=O) groups is 2. The number of rotatable bonds is 8. The molecule has 0 saturated carbocycles. The zero-order chi connectivity index (χ0) is 21.3. The van der Waals surface area contributed by atoms with Gasteiger partial charge in [0.15, 0.2) is 6.61 Å². The van der Waals surface area contributed by atoms with Crippen LogP contribution >= 0.6 is 15.9 Å². The lowest BCUT2D eigenvalue weighted by atomic mass is 10.1. The second-order valence-corrected chi connectivity index (χ2v) is 7.54. The van der Waals surface area contributed by atoms with Crippen molar-refractivity contribution in [3.8, 4) is 16.9 Å². The highest BCUT2D eigenvalue weighted by atomic mass is 79.9. The Hall–Kier alpha value is -3.12. The first-order valence-corrected chi connectivity index (χ1v) is 10.5. The predicted octanol–water partition coefficient (Wildman–Crippen LogP) is 5.27. The minimum Gasteiger partial charge on any atom is -0.483 e. The van der Waals surface area contributed by atoms with E-state index in [9.17, 15) is 9.59 Å². The van der Waals surface area contributed by atoms with Gasteiger partial charge in [0.1, 0.15) is 5.75 Å². The number of hydrogen-bond donors (Lipinski definition) is 2. The second kappa shape index (κ2) is 10.6. The van der Waals surface area contributed by atoms with E-state index in [0.29, 0.717) is 23.5 Å². The molecular weight excluding hydrogens is 444 g/mol. The molecule has 0 saturated heterocycles. The van der Waals surface area contributed by atoms with Gasteiger partial charge in [-0.3, -0.25) is 9.59 Å². The van der Waals surface area contributed by atoms with Crippen molar-refractivity contribution >= 4 is 33.4 Å². The maximum atomic E-state index is 12.2. The van der Waals surface area contributed by atoms with Gasteiger partial charge in [-0.15, -0.1) is 0 Å². The van der Waals surface area contributed by atoms with E-state index in [0.717, 1.165) is 22.0 Å². The van der Waals surface area contributed by atoms with Crippen LogP contribution in [0.5, 0.6) is 5.75 Å². The van der Waals surface area contributed by atoms with Crippen LogP contribution in [0.3, 0.4) is 0 Å². The summed E-state index contributed by atoms with van der Waals surface area (Å²) in [7, 11) is 0. The molecule has 0 fully saturated rings. The van der Waals surface area contributed by atoms with Gasteiger partial charge >= 0.3 is 0 Å². The predicted molar refractivity (Wildman–Crippen MR) is 123 cm³/mol. The number of ether oxygens (including phenoxy) is 1. The van der Waals surface area contributed by atoms with Crippen molar-refractivity contribution < 1.29 is 14.3 Å². The molecule has 5 nitrogen and oxygen atoms in total. The fraction of sp³-hybridized carbons (Fsp3) is 0.167. The molecule has 0 aliphatic rings. The summed E-state index contributed by atoms with van der Waals surface area (Å²) in [4.78, 5) is 24.1. The monoisotopic (exact) mass is 466 g/mol. The lowest BCUT2D eigenvalue weighted by Gasteiger charge is -2.11. The highest BCUT2D eigenvalue weighted by Gasteiger charge is 2.09. The summed E-state index contributed by atoms with van der Waals surface area (Å²) in [6.07, 6.45) is 0.880.